The van der Waals surface area contributed by atoms with Crippen LogP contribution in [-0.4, -0.2) is 32.3 Å². The molecule has 0 saturated carbocycles. The summed E-state index contributed by atoms with van der Waals surface area (Å²) in [5, 5.41) is 3.17. The lowest BCUT2D eigenvalue weighted by molar-refractivity contribution is -0.137. The van der Waals surface area contributed by atoms with Gasteiger partial charge in [0.1, 0.15) is 11.6 Å². The lowest BCUT2D eigenvalue weighted by Gasteiger charge is -2.36. The minimum Gasteiger partial charge on any atom is -0.496 e. The van der Waals surface area contributed by atoms with Crippen LogP contribution in [0.3, 0.4) is 0 Å². The number of carbonyl (C=O) groups excluding carboxylic acids is 1. The Morgan fingerprint density at radius 3 is 2.52 bits per heavy atom. The first-order valence-electron chi connectivity index (χ1n) is 10.3. The van der Waals surface area contributed by atoms with E-state index in [1.54, 1.807) is 13.2 Å². The first-order valence-corrected chi connectivity index (χ1v) is 10.3. The van der Waals surface area contributed by atoms with Crippen molar-refractivity contribution in [3.05, 3.63) is 53.8 Å². The second kappa shape index (κ2) is 9.40. The van der Waals surface area contributed by atoms with Gasteiger partial charge in [0.25, 0.3) is 0 Å². The van der Waals surface area contributed by atoms with Crippen LogP contribution < -0.4 is 10.1 Å². The van der Waals surface area contributed by atoms with Gasteiger partial charge < -0.3 is 14.8 Å². The molecule has 1 aliphatic rings. The maximum absolute atomic E-state index is 13.7. The van der Waals surface area contributed by atoms with Crippen molar-refractivity contribution < 1.29 is 18.7 Å². The molecule has 1 N–H and O–H groups in total. The average molecular weight is 400 g/mol. The van der Waals surface area contributed by atoms with Gasteiger partial charge in [-0.05, 0) is 61.9 Å². The van der Waals surface area contributed by atoms with E-state index >= 15 is 0 Å². The monoisotopic (exact) mass is 399 g/mol. The van der Waals surface area contributed by atoms with Crippen LogP contribution in [0.5, 0.6) is 5.75 Å². The summed E-state index contributed by atoms with van der Waals surface area (Å²) in [4.78, 5) is 13.1. The Balaban J connectivity index is 1.83. The molecule has 5 heteroatoms. The molecule has 3 rings (SSSR count). The maximum atomic E-state index is 13.7. The molecule has 0 spiro atoms. The van der Waals surface area contributed by atoms with Gasteiger partial charge >= 0.3 is 0 Å². The van der Waals surface area contributed by atoms with Crippen molar-refractivity contribution in [2.75, 3.05) is 20.3 Å². The summed E-state index contributed by atoms with van der Waals surface area (Å²) >= 11 is 0. The van der Waals surface area contributed by atoms with Crippen LogP contribution in [0.2, 0.25) is 0 Å². The van der Waals surface area contributed by atoms with E-state index in [0.717, 1.165) is 30.4 Å². The summed E-state index contributed by atoms with van der Waals surface area (Å²) in [5.74, 6) is 0.451. The number of hydrogen-bond donors (Lipinski definition) is 1. The van der Waals surface area contributed by atoms with Gasteiger partial charge in [-0.2, -0.15) is 0 Å². The predicted octanol–water partition coefficient (Wildman–Crippen LogP) is 4.76. The van der Waals surface area contributed by atoms with E-state index < -0.39 is 5.41 Å². The van der Waals surface area contributed by atoms with Gasteiger partial charge in [0.2, 0.25) is 5.91 Å². The molecule has 1 unspecified atom stereocenters. The molecule has 1 atom stereocenters. The van der Waals surface area contributed by atoms with E-state index in [9.17, 15) is 9.18 Å². The number of hydrogen-bond acceptors (Lipinski definition) is 3. The molecule has 29 heavy (non-hydrogen) atoms. The van der Waals surface area contributed by atoms with Crippen LogP contribution in [0.15, 0.2) is 42.5 Å². The first-order chi connectivity index (χ1) is 14.0. The molecule has 0 aliphatic carbocycles. The molecule has 1 saturated heterocycles. The van der Waals surface area contributed by atoms with Gasteiger partial charge in [-0.3, -0.25) is 4.79 Å². The fraction of sp³-hybridized carbons (Fsp3) is 0.458. The SMILES string of the molecule is CCC(C)NC(=O)C1(Cc2ccc(-c3cc(F)ccc3OC)cc2)CCOCC1. The van der Waals surface area contributed by atoms with Crippen LogP contribution in [0, 0.1) is 11.2 Å². The van der Waals surface area contributed by atoms with E-state index in [4.69, 9.17) is 9.47 Å². The van der Waals surface area contributed by atoms with Crippen LogP contribution in [-0.2, 0) is 16.0 Å². The molecule has 2 aromatic rings. The Hall–Kier alpha value is -2.40. The highest BCUT2D eigenvalue weighted by molar-refractivity contribution is 5.83. The molecule has 2 aromatic carbocycles. The lowest BCUT2D eigenvalue weighted by Crippen LogP contribution is -2.48. The van der Waals surface area contributed by atoms with Gasteiger partial charge in [-0.15, -0.1) is 0 Å². The number of carbonyl (C=O) groups is 1. The number of nitrogens with one attached hydrogen (secondary N) is 1. The fourth-order valence-electron chi connectivity index (χ4n) is 3.82. The number of rotatable bonds is 7. The van der Waals surface area contributed by atoms with Gasteiger partial charge in [0, 0.05) is 24.8 Å². The molecule has 0 bridgehead atoms. The normalized spacial score (nSPS) is 16.8. The predicted molar refractivity (Wildman–Crippen MR) is 112 cm³/mol. The van der Waals surface area contributed by atoms with Crippen LogP contribution in [0.4, 0.5) is 4.39 Å². The number of methoxy groups -OCH3 is 1. The maximum Gasteiger partial charge on any atom is 0.226 e. The van der Waals surface area contributed by atoms with Crippen molar-refractivity contribution in [2.45, 2.75) is 45.6 Å². The van der Waals surface area contributed by atoms with Gasteiger partial charge in [-0.1, -0.05) is 31.2 Å². The summed E-state index contributed by atoms with van der Waals surface area (Å²) in [5.41, 5.74) is 2.24. The van der Waals surface area contributed by atoms with E-state index in [1.165, 1.54) is 12.1 Å². The highest BCUT2D eigenvalue weighted by Gasteiger charge is 2.40. The zero-order valence-corrected chi connectivity index (χ0v) is 17.5. The lowest BCUT2D eigenvalue weighted by atomic mass is 9.74. The zero-order chi connectivity index (χ0) is 20.9. The van der Waals surface area contributed by atoms with Crippen LogP contribution in [0.1, 0.15) is 38.7 Å². The first kappa shape index (κ1) is 21.3. The number of halogens is 1. The summed E-state index contributed by atoms with van der Waals surface area (Å²) in [6.45, 7) is 5.31. The zero-order valence-electron chi connectivity index (χ0n) is 17.5. The third kappa shape index (κ3) is 4.96. The summed E-state index contributed by atoms with van der Waals surface area (Å²) in [7, 11) is 1.58. The average Bonchev–Trinajstić information content (AvgIpc) is 2.74. The Labute approximate surface area is 172 Å². The van der Waals surface area contributed by atoms with E-state index in [-0.39, 0.29) is 17.8 Å². The van der Waals surface area contributed by atoms with Crippen molar-refractivity contribution in [2.24, 2.45) is 5.41 Å². The van der Waals surface area contributed by atoms with Crippen molar-refractivity contribution in [1.82, 2.24) is 5.32 Å². The molecule has 1 fully saturated rings. The minimum atomic E-state index is -0.445. The van der Waals surface area contributed by atoms with Crippen molar-refractivity contribution in [1.29, 1.82) is 0 Å². The van der Waals surface area contributed by atoms with Crippen LogP contribution >= 0.6 is 0 Å². The fourth-order valence-corrected chi connectivity index (χ4v) is 3.82. The Morgan fingerprint density at radius 1 is 1.21 bits per heavy atom. The topological polar surface area (TPSA) is 47.6 Å². The Morgan fingerprint density at radius 2 is 1.90 bits per heavy atom. The quantitative estimate of drug-likeness (QED) is 0.731. The summed E-state index contributed by atoms with van der Waals surface area (Å²) < 4.78 is 24.6. The Kier molecular flexibility index (Phi) is 6.91. The highest BCUT2D eigenvalue weighted by atomic mass is 19.1. The largest absolute Gasteiger partial charge is 0.496 e. The van der Waals surface area contributed by atoms with Crippen molar-refractivity contribution >= 4 is 5.91 Å². The van der Waals surface area contributed by atoms with Gasteiger partial charge in [0.05, 0.1) is 12.5 Å². The summed E-state index contributed by atoms with van der Waals surface area (Å²) in [6.07, 6.45) is 3.01. The van der Waals surface area contributed by atoms with E-state index in [0.29, 0.717) is 30.9 Å². The number of amides is 1. The number of benzene rings is 2. The molecule has 0 radical (unpaired) electrons. The molecule has 1 aliphatic heterocycles. The van der Waals surface area contributed by atoms with Crippen molar-refractivity contribution in [3.63, 3.8) is 0 Å². The molecular weight excluding hydrogens is 369 g/mol. The third-order valence-corrected chi connectivity index (χ3v) is 5.89. The molecular formula is C24H30FNO3. The van der Waals surface area contributed by atoms with Gasteiger partial charge in [-0.25, -0.2) is 4.39 Å². The highest BCUT2D eigenvalue weighted by Crippen LogP contribution is 2.36. The minimum absolute atomic E-state index is 0.117. The van der Waals surface area contributed by atoms with E-state index in [2.05, 4.69) is 12.2 Å². The number of ether oxygens (including phenoxy) is 2. The van der Waals surface area contributed by atoms with Crippen molar-refractivity contribution in [3.8, 4) is 16.9 Å². The molecule has 1 amide bonds. The van der Waals surface area contributed by atoms with Crippen LogP contribution in [0.25, 0.3) is 11.1 Å². The smallest absolute Gasteiger partial charge is 0.226 e. The second-order valence-electron chi connectivity index (χ2n) is 7.89. The third-order valence-electron chi connectivity index (χ3n) is 5.89. The Bertz CT molecular complexity index is 829. The van der Waals surface area contributed by atoms with E-state index in [1.807, 2.05) is 31.2 Å². The van der Waals surface area contributed by atoms with Gasteiger partial charge in [0.15, 0.2) is 0 Å². The standard InChI is InChI=1S/C24H30FNO3/c1-4-17(2)26-23(27)24(11-13-29-14-12-24)16-18-5-7-19(8-6-18)21-15-20(25)9-10-22(21)28-3/h5-10,15,17H,4,11-14,16H2,1-3H3,(H,26,27). The second-order valence-corrected chi connectivity index (χ2v) is 7.89. The summed E-state index contributed by atoms with van der Waals surface area (Å²) in [6, 6.07) is 12.6. The molecule has 0 aromatic heterocycles. The molecule has 4 nitrogen and oxygen atoms in total. The molecule has 1 heterocycles. The molecule has 156 valence electrons.